The highest BCUT2D eigenvalue weighted by Crippen LogP contribution is 2.20. The SMILES string of the molecule is Clc1ccc(CNCCCCI)s1. The third kappa shape index (κ3) is 5.20. The number of thiophene rings is 1. The molecule has 1 aromatic heterocycles. The second-order valence-corrected chi connectivity index (χ2v) is 5.66. The molecule has 1 aromatic rings. The largest absolute Gasteiger partial charge is 0.312 e. The highest BCUT2D eigenvalue weighted by molar-refractivity contribution is 14.1. The molecule has 0 fully saturated rings. The molecule has 0 saturated carbocycles. The molecule has 0 spiro atoms. The van der Waals surface area contributed by atoms with E-state index in [9.17, 15) is 0 Å². The zero-order valence-electron chi connectivity index (χ0n) is 7.35. The van der Waals surface area contributed by atoms with Crippen molar-refractivity contribution < 1.29 is 0 Å². The lowest BCUT2D eigenvalue weighted by molar-refractivity contribution is 0.650. The van der Waals surface area contributed by atoms with Gasteiger partial charge in [-0.1, -0.05) is 34.2 Å². The van der Waals surface area contributed by atoms with E-state index in [1.807, 2.05) is 6.07 Å². The van der Waals surface area contributed by atoms with Crippen LogP contribution in [0.3, 0.4) is 0 Å². The summed E-state index contributed by atoms with van der Waals surface area (Å²) in [6.45, 7) is 2.07. The highest BCUT2D eigenvalue weighted by atomic mass is 127. The van der Waals surface area contributed by atoms with E-state index in [0.717, 1.165) is 17.4 Å². The summed E-state index contributed by atoms with van der Waals surface area (Å²) in [5, 5.41) is 3.40. The normalized spacial score (nSPS) is 10.6. The maximum Gasteiger partial charge on any atom is 0.0931 e. The van der Waals surface area contributed by atoms with Gasteiger partial charge >= 0.3 is 0 Å². The first-order valence-electron chi connectivity index (χ1n) is 4.34. The maximum atomic E-state index is 5.81. The third-order valence-corrected chi connectivity index (χ3v) is 3.66. The molecule has 0 bridgehead atoms. The van der Waals surface area contributed by atoms with Gasteiger partial charge in [-0.05, 0) is 35.9 Å². The van der Waals surface area contributed by atoms with Gasteiger partial charge in [0.2, 0.25) is 0 Å². The van der Waals surface area contributed by atoms with Crippen molar-refractivity contribution in [1.29, 1.82) is 0 Å². The van der Waals surface area contributed by atoms with E-state index in [2.05, 4.69) is 34.0 Å². The van der Waals surface area contributed by atoms with Gasteiger partial charge in [0.05, 0.1) is 4.34 Å². The smallest absolute Gasteiger partial charge is 0.0931 e. The van der Waals surface area contributed by atoms with Crippen molar-refractivity contribution in [2.45, 2.75) is 19.4 Å². The quantitative estimate of drug-likeness (QED) is 0.477. The summed E-state index contributed by atoms with van der Waals surface area (Å²) >= 11 is 9.88. The van der Waals surface area contributed by atoms with Gasteiger partial charge in [0, 0.05) is 11.4 Å². The Balaban J connectivity index is 2.06. The topological polar surface area (TPSA) is 12.0 Å². The maximum absolute atomic E-state index is 5.81. The molecule has 0 unspecified atom stereocenters. The van der Waals surface area contributed by atoms with Gasteiger partial charge in [0.15, 0.2) is 0 Å². The number of hydrogen-bond donors (Lipinski definition) is 1. The Morgan fingerprint density at radius 2 is 2.23 bits per heavy atom. The lowest BCUT2D eigenvalue weighted by Gasteiger charge is -2.00. The number of rotatable bonds is 6. The molecular weight excluding hydrogens is 317 g/mol. The van der Waals surface area contributed by atoms with Crippen LogP contribution in [0.5, 0.6) is 0 Å². The molecule has 0 aliphatic carbocycles. The number of hydrogen-bond acceptors (Lipinski definition) is 2. The average Bonchev–Trinajstić information content (AvgIpc) is 2.51. The molecule has 0 saturated heterocycles. The number of alkyl halides is 1. The van der Waals surface area contributed by atoms with Crippen LogP contribution in [-0.4, -0.2) is 11.0 Å². The summed E-state index contributed by atoms with van der Waals surface area (Å²) in [6, 6.07) is 4.03. The molecule has 1 nitrogen and oxygen atoms in total. The van der Waals surface area contributed by atoms with Crippen LogP contribution < -0.4 is 5.32 Å². The van der Waals surface area contributed by atoms with E-state index in [0.29, 0.717) is 0 Å². The van der Waals surface area contributed by atoms with Crippen LogP contribution in [0.15, 0.2) is 12.1 Å². The second-order valence-electron chi connectivity index (χ2n) is 2.78. The van der Waals surface area contributed by atoms with Crippen LogP contribution in [0.25, 0.3) is 0 Å². The minimum absolute atomic E-state index is 0.879. The summed E-state index contributed by atoms with van der Waals surface area (Å²) in [4.78, 5) is 1.32. The summed E-state index contributed by atoms with van der Waals surface area (Å²) in [5.74, 6) is 0. The molecule has 4 heteroatoms. The molecule has 1 heterocycles. The van der Waals surface area contributed by atoms with Crippen molar-refractivity contribution in [2.75, 3.05) is 11.0 Å². The Bertz CT molecular complexity index is 239. The van der Waals surface area contributed by atoms with Crippen LogP contribution in [-0.2, 0) is 6.54 Å². The predicted octanol–water partition coefficient (Wildman–Crippen LogP) is 3.71. The molecule has 74 valence electrons. The Labute approximate surface area is 102 Å². The van der Waals surface area contributed by atoms with Gasteiger partial charge in [-0.15, -0.1) is 11.3 Å². The van der Waals surface area contributed by atoms with Gasteiger partial charge in [-0.3, -0.25) is 0 Å². The third-order valence-electron chi connectivity index (χ3n) is 1.67. The zero-order chi connectivity index (χ0) is 9.52. The fraction of sp³-hybridized carbons (Fsp3) is 0.556. The lowest BCUT2D eigenvalue weighted by atomic mass is 10.3. The molecule has 0 aromatic carbocycles. The first kappa shape index (κ1) is 11.8. The standard InChI is InChI=1S/C9H13ClINS/c10-9-4-3-8(13-9)7-12-6-2-1-5-11/h3-4,12H,1-2,5-7H2. The summed E-state index contributed by atoms with van der Waals surface area (Å²) in [7, 11) is 0. The zero-order valence-corrected chi connectivity index (χ0v) is 11.1. The van der Waals surface area contributed by atoms with Crippen LogP contribution in [0.2, 0.25) is 4.34 Å². The van der Waals surface area contributed by atoms with Crippen molar-refractivity contribution in [3.05, 3.63) is 21.3 Å². The fourth-order valence-electron chi connectivity index (χ4n) is 1.00. The summed E-state index contributed by atoms with van der Waals surface area (Å²) in [5.41, 5.74) is 0. The Morgan fingerprint density at radius 3 is 2.85 bits per heavy atom. The van der Waals surface area contributed by atoms with Gasteiger partial charge in [0.1, 0.15) is 0 Å². The molecule has 1 N–H and O–H groups in total. The van der Waals surface area contributed by atoms with E-state index in [-0.39, 0.29) is 0 Å². The number of halogens is 2. The molecule has 13 heavy (non-hydrogen) atoms. The Kier molecular flexibility index (Phi) is 6.36. The van der Waals surface area contributed by atoms with Gasteiger partial charge in [-0.2, -0.15) is 0 Å². The van der Waals surface area contributed by atoms with Crippen molar-refractivity contribution in [3.63, 3.8) is 0 Å². The molecule has 0 atom stereocenters. The predicted molar refractivity (Wildman–Crippen MR) is 69.2 cm³/mol. The summed E-state index contributed by atoms with van der Waals surface area (Å²) < 4.78 is 2.13. The number of unbranched alkanes of at least 4 members (excludes halogenated alkanes) is 1. The fourth-order valence-corrected chi connectivity index (χ4v) is 2.60. The van der Waals surface area contributed by atoms with E-state index < -0.39 is 0 Å². The Morgan fingerprint density at radius 1 is 1.38 bits per heavy atom. The molecule has 0 aliphatic heterocycles. The monoisotopic (exact) mass is 329 g/mol. The Hall–Kier alpha value is 0.680. The van der Waals surface area contributed by atoms with Gasteiger partial charge < -0.3 is 5.32 Å². The van der Waals surface area contributed by atoms with Crippen molar-refractivity contribution in [3.8, 4) is 0 Å². The van der Waals surface area contributed by atoms with Crippen LogP contribution in [0.4, 0.5) is 0 Å². The molecule has 0 radical (unpaired) electrons. The molecule has 0 amide bonds. The van der Waals surface area contributed by atoms with E-state index in [1.165, 1.54) is 22.1 Å². The molecule has 1 rings (SSSR count). The lowest BCUT2D eigenvalue weighted by Crippen LogP contribution is -2.13. The van der Waals surface area contributed by atoms with Gasteiger partial charge in [0.25, 0.3) is 0 Å². The van der Waals surface area contributed by atoms with E-state index >= 15 is 0 Å². The average molecular weight is 330 g/mol. The van der Waals surface area contributed by atoms with E-state index in [1.54, 1.807) is 11.3 Å². The minimum atomic E-state index is 0.879. The first-order chi connectivity index (χ1) is 6.33. The van der Waals surface area contributed by atoms with Gasteiger partial charge in [-0.25, -0.2) is 0 Å². The highest BCUT2D eigenvalue weighted by Gasteiger charge is 1.96. The van der Waals surface area contributed by atoms with Crippen molar-refractivity contribution in [2.24, 2.45) is 0 Å². The first-order valence-corrected chi connectivity index (χ1v) is 7.06. The number of nitrogens with one attached hydrogen (secondary N) is 1. The van der Waals surface area contributed by atoms with Crippen LogP contribution >= 0.6 is 45.5 Å². The second kappa shape index (κ2) is 7.04. The minimum Gasteiger partial charge on any atom is -0.312 e. The van der Waals surface area contributed by atoms with E-state index in [4.69, 9.17) is 11.6 Å². The molecule has 0 aliphatic rings. The summed E-state index contributed by atoms with van der Waals surface area (Å²) in [6.07, 6.45) is 2.57. The van der Waals surface area contributed by atoms with Crippen molar-refractivity contribution in [1.82, 2.24) is 5.32 Å². The van der Waals surface area contributed by atoms with Crippen molar-refractivity contribution >= 4 is 45.5 Å². The van der Waals surface area contributed by atoms with Crippen LogP contribution in [0.1, 0.15) is 17.7 Å². The molecular formula is C9H13ClINS. The van der Waals surface area contributed by atoms with Crippen LogP contribution in [0, 0.1) is 0 Å².